The predicted octanol–water partition coefficient (Wildman–Crippen LogP) is 1.97. The van der Waals surface area contributed by atoms with Gasteiger partial charge < -0.3 is 19.7 Å². The molecule has 1 aliphatic heterocycles. The van der Waals surface area contributed by atoms with E-state index in [1.54, 1.807) is 31.3 Å². The van der Waals surface area contributed by atoms with Crippen molar-refractivity contribution < 1.29 is 19.1 Å². The number of anilines is 1. The quantitative estimate of drug-likeness (QED) is 0.921. The summed E-state index contributed by atoms with van der Waals surface area (Å²) in [5.41, 5.74) is 0.264. The van der Waals surface area contributed by atoms with E-state index in [0.29, 0.717) is 24.5 Å². The van der Waals surface area contributed by atoms with Gasteiger partial charge in [0.2, 0.25) is 11.8 Å². The van der Waals surface area contributed by atoms with Crippen LogP contribution in [-0.2, 0) is 9.59 Å². The molecule has 2 amide bonds. The third-order valence-corrected chi connectivity index (χ3v) is 3.82. The average molecular weight is 320 g/mol. The van der Waals surface area contributed by atoms with E-state index in [1.807, 2.05) is 26.8 Å². The molecular formula is C17H24N2O4. The van der Waals surface area contributed by atoms with Crippen molar-refractivity contribution in [2.45, 2.75) is 33.2 Å². The largest absolute Gasteiger partial charge is 0.493 e. The molecule has 126 valence electrons. The van der Waals surface area contributed by atoms with Crippen LogP contribution in [0.1, 0.15) is 27.2 Å². The maximum absolute atomic E-state index is 12.3. The molecule has 1 aromatic carbocycles. The maximum atomic E-state index is 12.3. The first-order valence-corrected chi connectivity index (χ1v) is 7.59. The molecule has 23 heavy (non-hydrogen) atoms. The summed E-state index contributed by atoms with van der Waals surface area (Å²) in [6, 6.07) is 5.17. The van der Waals surface area contributed by atoms with Crippen LogP contribution in [-0.4, -0.2) is 38.6 Å². The van der Waals surface area contributed by atoms with Gasteiger partial charge in [-0.3, -0.25) is 9.59 Å². The van der Waals surface area contributed by atoms with Gasteiger partial charge in [-0.05, 0) is 12.1 Å². The molecule has 0 radical (unpaired) electrons. The summed E-state index contributed by atoms with van der Waals surface area (Å²) in [5, 5.41) is 2.94. The van der Waals surface area contributed by atoms with E-state index in [-0.39, 0.29) is 17.9 Å². The number of ether oxygens (including phenoxy) is 2. The van der Waals surface area contributed by atoms with Crippen molar-refractivity contribution in [2.24, 2.45) is 5.41 Å². The lowest BCUT2D eigenvalue weighted by molar-refractivity contribution is -0.129. The first-order chi connectivity index (χ1) is 10.8. The highest BCUT2D eigenvalue weighted by Crippen LogP contribution is 2.33. The van der Waals surface area contributed by atoms with Crippen LogP contribution in [0, 0.1) is 5.41 Å². The normalized spacial score (nSPS) is 18.0. The van der Waals surface area contributed by atoms with Gasteiger partial charge in [-0.2, -0.15) is 0 Å². The highest BCUT2D eigenvalue weighted by Gasteiger charge is 2.34. The third-order valence-electron chi connectivity index (χ3n) is 3.82. The van der Waals surface area contributed by atoms with Crippen molar-refractivity contribution in [3.05, 3.63) is 18.2 Å². The summed E-state index contributed by atoms with van der Waals surface area (Å²) < 4.78 is 10.5. The lowest BCUT2D eigenvalue weighted by Gasteiger charge is -2.22. The zero-order valence-electron chi connectivity index (χ0n) is 14.3. The second-order valence-electron chi connectivity index (χ2n) is 6.67. The predicted molar refractivity (Wildman–Crippen MR) is 87.9 cm³/mol. The number of hydrogen-bond donors (Lipinski definition) is 1. The van der Waals surface area contributed by atoms with Gasteiger partial charge in [-0.25, -0.2) is 0 Å². The highest BCUT2D eigenvalue weighted by molar-refractivity contribution is 5.97. The van der Waals surface area contributed by atoms with Crippen LogP contribution in [0.4, 0.5) is 5.69 Å². The Morgan fingerprint density at radius 3 is 2.43 bits per heavy atom. The summed E-state index contributed by atoms with van der Waals surface area (Å²) in [7, 11) is 3.12. The Balaban J connectivity index is 2.13. The van der Waals surface area contributed by atoms with E-state index in [2.05, 4.69) is 5.32 Å². The number of nitrogens with one attached hydrogen (secondary N) is 1. The Bertz CT molecular complexity index is 607. The van der Waals surface area contributed by atoms with E-state index in [1.165, 1.54) is 0 Å². The SMILES string of the molecule is COc1ccc(N2C[C@H](NC(=O)C(C)(C)C)CC2=O)cc1OC. The van der Waals surface area contributed by atoms with Crippen LogP contribution in [0.5, 0.6) is 11.5 Å². The molecule has 1 aromatic rings. The molecule has 1 N–H and O–H groups in total. The van der Waals surface area contributed by atoms with E-state index < -0.39 is 5.41 Å². The number of hydrogen-bond acceptors (Lipinski definition) is 4. The Hall–Kier alpha value is -2.24. The van der Waals surface area contributed by atoms with Gasteiger partial charge in [0.05, 0.1) is 20.3 Å². The first-order valence-electron chi connectivity index (χ1n) is 7.59. The van der Waals surface area contributed by atoms with Crippen molar-refractivity contribution in [1.29, 1.82) is 0 Å². The Morgan fingerprint density at radius 1 is 1.22 bits per heavy atom. The van der Waals surface area contributed by atoms with Gasteiger partial charge in [-0.15, -0.1) is 0 Å². The number of methoxy groups -OCH3 is 2. The zero-order valence-corrected chi connectivity index (χ0v) is 14.3. The fourth-order valence-corrected chi connectivity index (χ4v) is 2.45. The molecule has 1 fully saturated rings. The Kier molecular flexibility index (Phi) is 4.82. The summed E-state index contributed by atoms with van der Waals surface area (Å²) >= 11 is 0. The summed E-state index contributed by atoms with van der Waals surface area (Å²) in [4.78, 5) is 26.0. The summed E-state index contributed by atoms with van der Waals surface area (Å²) in [5.74, 6) is 1.11. The van der Waals surface area contributed by atoms with Crippen molar-refractivity contribution in [3.63, 3.8) is 0 Å². The smallest absolute Gasteiger partial charge is 0.229 e. The minimum Gasteiger partial charge on any atom is -0.493 e. The lowest BCUT2D eigenvalue weighted by atomic mass is 9.95. The van der Waals surface area contributed by atoms with Crippen molar-refractivity contribution in [3.8, 4) is 11.5 Å². The number of nitrogens with zero attached hydrogens (tertiary/aromatic N) is 1. The van der Waals surface area contributed by atoms with Crippen LogP contribution in [0.2, 0.25) is 0 Å². The van der Waals surface area contributed by atoms with Gasteiger partial charge in [0.15, 0.2) is 11.5 Å². The molecule has 6 heteroatoms. The maximum Gasteiger partial charge on any atom is 0.229 e. The topological polar surface area (TPSA) is 67.9 Å². The molecule has 6 nitrogen and oxygen atoms in total. The van der Waals surface area contributed by atoms with Crippen molar-refractivity contribution in [1.82, 2.24) is 5.32 Å². The zero-order chi connectivity index (χ0) is 17.2. The number of benzene rings is 1. The van der Waals surface area contributed by atoms with E-state index in [4.69, 9.17) is 9.47 Å². The van der Waals surface area contributed by atoms with E-state index >= 15 is 0 Å². The fraction of sp³-hybridized carbons (Fsp3) is 0.529. The van der Waals surface area contributed by atoms with Crippen LogP contribution >= 0.6 is 0 Å². The van der Waals surface area contributed by atoms with Gasteiger partial charge in [0, 0.05) is 30.1 Å². The van der Waals surface area contributed by atoms with E-state index in [9.17, 15) is 9.59 Å². The lowest BCUT2D eigenvalue weighted by Crippen LogP contribution is -2.43. The minimum atomic E-state index is -0.472. The van der Waals surface area contributed by atoms with Crippen LogP contribution in [0.25, 0.3) is 0 Å². The molecule has 0 saturated carbocycles. The Labute approximate surface area is 136 Å². The van der Waals surface area contributed by atoms with Gasteiger partial charge in [-0.1, -0.05) is 20.8 Å². The average Bonchev–Trinajstić information content (AvgIpc) is 2.86. The molecule has 2 rings (SSSR count). The van der Waals surface area contributed by atoms with Gasteiger partial charge >= 0.3 is 0 Å². The molecule has 1 saturated heterocycles. The second kappa shape index (κ2) is 6.48. The first kappa shape index (κ1) is 17.1. The molecule has 1 heterocycles. The number of amides is 2. The molecule has 0 aliphatic carbocycles. The standard InChI is InChI=1S/C17H24N2O4/c1-17(2,3)16(21)18-11-8-15(20)19(10-11)12-6-7-13(22-4)14(9-12)23-5/h6-7,9,11H,8,10H2,1-5H3,(H,18,21)/t11-/m1/s1. The molecule has 0 aromatic heterocycles. The molecular weight excluding hydrogens is 296 g/mol. The summed E-state index contributed by atoms with van der Waals surface area (Å²) in [6.07, 6.45) is 0.302. The van der Waals surface area contributed by atoms with Crippen molar-refractivity contribution in [2.75, 3.05) is 25.7 Å². The number of carbonyl (C=O) groups excluding carboxylic acids is 2. The van der Waals surface area contributed by atoms with Crippen LogP contribution < -0.4 is 19.7 Å². The Morgan fingerprint density at radius 2 is 1.87 bits per heavy atom. The van der Waals surface area contributed by atoms with Crippen LogP contribution in [0.15, 0.2) is 18.2 Å². The van der Waals surface area contributed by atoms with E-state index in [0.717, 1.165) is 5.69 Å². The van der Waals surface area contributed by atoms with Gasteiger partial charge in [0.1, 0.15) is 0 Å². The minimum absolute atomic E-state index is 0.0172. The summed E-state index contributed by atoms with van der Waals surface area (Å²) in [6.45, 7) is 6.01. The molecule has 0 unspecified atom stereocenters. The van der Waals surface area contributed by atoms with Crippen LogP contribution in [0.3, 0.4) is 0 Å². The number of carbonyl (C=O) groups is 2. The fourth-order valence-electron chi connectivity index (χ4n) is 2.45. The number of rotatable bonds is 4. The third kappa shape index (κ3) is 3.75. The second-order valence-corrected chi connectivity index (χ2v) is 6.67. The molecule has 0 bridgehead atoms. The van der Waals surface area contributed by atoms with Gasteiger partial charge in [0.25, 0.3) is 0 Å². The highest BCUT2D eigenvalue weighted by atomic mass is 16.5. The molecule has 1 atom stereocenters. The molecule has 0 spiro atoms. The monoisotopic (exact) mass is 320 g/mol. The molecule has 1 aliphatic rings. The van der Waals surface area contributed by atoms with Crippen molar-refractivity contribution >= 4 is 17.5 Å².